The van der Waals surface area contributed by atoms with Gasteiger partial charge in [-0.05, 0) is 19.1 Å². The fourth-order valence-corrected chi connectivity index (χ4v) is 2.22. The Bertz CT molecular complexity index is 587. The minimum absolute atomic E-state index is 0.170. The molecule has 1 aromatic carbocycles. The Labute approximate surface area is 120 Å². The van der Waals surface area contributed by atoms with E-state index in [0.29, 0.717) is 22.3 Å². The van der Waals surface area contributed by atoms with E-state index in [1.54, 1.807) is 25.1 Å². The number of nitrogens with two attached hydrogens (primary N) is 1. The average Bonchev–Trinajstić information content (AvgIpc) is 2.93. The van der Waals surface area contributed by atoms with E-state index in [1.807, 2.05) is 0 Å². The monoisotopic (exact) mass is 293 g/mol. The van der Waals surface area contributed by atoms with Crippen LogP contribution in [0, 0.1) is 0 Å². The van der Waals surface area contributed by atoms with Crippen molar-refractivity contribution in [2.75, 3.05) is 18.2 Å². The third kappa shape index (κ3) is 3.45. The molecule has 0 bridgehead atoms. The van der Waals surface area contributed by atoms with E-state index in [-0.39, 0.29) is 11.2 Å². The molecule has 0 saturated carbocycles. The van der Waals surface area contributed by atoms with Crippen molar-refractivity contribution in [3.05, 3.63) is 30.7 Å². The lowest BCUT2D eigenvalue weighted by Crippen LogP contribution is -2.22. The van der Waals surface area contributed by atoms with E-state index < -0.39 is 0 Å². The molecule has 0 aliphatic carbocycles. The second kappa shape index (κ2) is 6.33. The highest BCUT2D eigenvalue weighted by Crippen LogP contribution is 2.28. The molecule has 1 heterocycles. The summed E-state index contributed by atoms with van der Waals surface area (Å²) in [6.45, 7) is 1.77. The van der Waals surface area contributed by atoms with Crippen LogP contribution in [0.1, 0.15) is 6.92 Å². The predicted molar refractivity (Wildman–Crippen MR) is 77.9 cm³/mol. The van der Waals surface area contributed by atoms with Gasteiger partial charge in [-0.25, -0.2) is 4.98 Å². The Morgan fingerprint density at radius 2 is 2.35 bits per heavy atom. The van der Waals surface area contributed by atoms with Crippen LogP contribution in [0.4, 0.5) is 11.4 Å². The van der Waals surface area contributed by atoms with Crippen LogP contribution in [0.2, 0.25) is 0 Å². The quantitative estimate of drug-likeness (QED) is 0.650. The Balaban J connectivity index is 2.03. The average molecular weight is 293 g/mol. The minimum Gasteiger partial charge on any atom is -0.494 e. The highest BCUT2D eigenvalue weighted by Gasteiger charge is 2.18. The number of carbonyl (C=O) groups excluding carboxylic acids is 1. The van der Waals surface area contributed by atoms with Gasteiger partial charge in [0, 0.05) is 11.8 Å². The number of hydrogen-bond donors (Lipinski definition) is 2. The number of methoxy groups -OCH3 is 1. The topological polar surface area (TPSA) is 90.4 Å². The fraction of sp³-hybridized carbons (Fsp3) is 0.231. The maximum Gasteiger partial charge on any atom is 0.256 e. The van der Waals surface area contributed by atoms with Crippen molar-refractivity contribution < 1.29 is 13.9 Å². The highest BCUT2D eigenvalue weighted by molar-refractivity contribution is 8.00. The first-order valence-corrected chi connectivity index (χ1v) is 6.78. The van der Waals surface area contributed by atoms with Crippen LogP contribution in [-0.2, 0) is 4.79 Å². The van der Waals surface area contributed by atoms with Crippen molar-refractivity contribution in [1.29, 1.82) is 0 Å². The number of amides is 1. The summed E-state index contributed by atoms with van der Waals surface area (Å²) in [6.07, 6.45) is 3.01. The number of carbonyl (C=O) groups is 1. The summed E-state index contributed by atoms with van der Waals surface area (Å²) < 4.78 is 10.3. The SMILES string of the molecule is COc1cc(N)ccc1NC(=O)C(C)Sc1ncco1. The largest absolute Gasteiger partial charge is 0.494 e. The summed E-state index contributed by atoms with van der Waals surface area (Å²) >= 11 is 1.24. The van der Waals surface area contributed by atoms with Crippen LogP contribution >= 0.6 is 11.8 Å². The van der Waals surface area contributed by atoms with Crippen molar-refractivity contribution in [2.24, 2.45) is 0 Å². The number of anilines is 2. The molecule has 1 amide bonds. The van der Waals surface area contributed by atoms with Crippen LogP contribution in [0.5, 0.6) is 5.75 Å². The molecule has 1 aromatic heterocycles. The van der Waals surface area contributed by atoms with Gasteiger partial charge in [0.1, 0.15) is 12.0 Å². The van der Waals surface area contributed by atoms with E-state index in [0.717, 1.165) is 0 Å². The first-order valence-electron chi connectivity index (χ1n) is 5.90. The summed E-state index contributed by atoms with van der Waals surface area (Å²) in [5, 5.41) is 2.90. The molecule has 6 nitrogen and oxygen atoms in total. The Morgan fingerprint density at radius 1 is 1.55 bits per heavy atom. The highest BCUT2D eigenvalue weighted by atomic mass is 32.2. The third-order valence-electron chi connectivity index (χ3n) is 2.54. The van der Waals surface area contributed by atoms with E-state index in [1.165, 1.54) is 31.3 Å². The standard InChI is InChI=1S/C13H15N3O3S/c1-8(20-13-15-5-6-19-13)12(17)16-10-4-3-9(14)7-11(10)18-2/h3-8H,14H2,1-2H3,(H,16,17). The maximum absolute atomic E-state index is 12.1. The van der Waals surface area contributed by atoms with Crippen molar-refractivity contribution in [3.8, 4) is 5.75 Å². The van der Waals surface area contributed by atoms with E-state index in [2.05, 4.69) is 10.3 Å². The molecule has 1 unspecified atom stereocenters. The summed E-state index contributed by atoms with van der Waals surface area (Å²) in [4.78, 5) is 16.1. The smallest absolute Gasteiger partial charge is 0.256 e. The summed E-state index contributed by atoms with van der Waals surface area (Å²) in [5.41, 5.74) is 6.81. The van der Waals surface area contributed by atoms with Crippen LogP contribution in [0.3, 0.4) is 0 Å². The van der Waals surface area contributed by atoms with E-state index in [4.69, 9.17) is 14.9 Å². The maximum atomic E-state index is 12.1. The first-order chi connectivity index (χ1) is 9.60. The number of aromatic nitrogens is 1. The number of oxazole rings is 1. The van der Waals surface area contributed by atoms with Crippen LogP contribution < -0.4 is 15.8 Å². The Kier molecular flexibility index (Phi) is 4.52. The summed E-state index contributed by atoms with van der Waals surface area (Å²) in [6, 6.07) is 5.06. The molecule has 1 atom stereocenters. The van der Waals surface area contributed by atoms with Crippen LogP contribution in [0.15, 0.2) is 40.3 Å². The molecule has 0 aliphatic heterocycles. The number of nitrogens with zero attached hydrogens (tertiary/aromatic N) is 1. The lowest BCUT2D eigenvalue weighted by molar-refractivity contribution is -0.115. The van der Waals surface area contributed by atoms with Gasteiger partial charge in [0.2, 0.25) is 5.91 Å². The molecule has 0 radical (unpaired) electrons. The van der Waals surface area contributed by atoms with Crippen molar-refractivity contribution in [2.45, 2.75) is 17.4 Å². The number of nitrogen functional groups attached to an aromatic ring is 1. The van der Waals surface area contributed by atoms with E-state index in [9.17, 15) is 4.79 Å². The fourth-order valence-electron chi connectivity index (χ4n) is 1.52. The van der Waals surface area contributed by atoms with Gasteiger partial charge in [0.15, 0.2) is 0 Å². The molecule has 7 heteroatoms. The van der Waals surface area contributed by atoms with Crippen molar-refractivity contribution in [1.82, 2.24) is 4.98 Å². The van der Waals surface area contributed by atoms with Gasteiger partial charge in [0.05, 0.1) is 24.2 Å². The van der Waals surface area contributed by atoms with Gasteiger partial charge in [-0.1, -0.05) is 11.8 Å². The number of thioether (sulfide) groups is 1. The van der Waals surface area contributed by atoms with E-state index >= 15 is 0 Å². The van der Waals surface area contributed by atoms with Gasteiger partial charge >= 0.3 is 0 Å². The first kappa shape index (κ1) is 14.3. The second-order valence-corrected chi connectivity index (χ2v) is 5.30. The van der Waals surface area contributed by atoms with Crippen LogP contribution in [0.25, 0.3) is 0 Å². The van der Waals surface area contributed by atoms with Crippen molar-refractivity contribution in [3.63, 3.8) is 0 Å². The number of ether oxygens (including phenoxy) is 1. The molecule has 106 valence electrons. The molecule has 0 aliphatic rings. The molecule has 3 N–H and O–H groups in total. The molecule has 0 fully saturated rings. The van der Waals surface area contributed by atoms with Gasteiger partial charge in [-0.3, -0.25) is 4.79 Å². The summed E-state index contributed by atoms with van der Waals surface area (Å²) in [7, 11) is 1.52. The molecule has 2 aromatic rings. The number of hydrogen-bond acceptors (Lipinski definition) is 6. The molecular formula is C13H15N3O3S. The minimum atomic E-state index is -0.351. The lowest BCUT2D eigenvalue weighted by Gasteiger charge is -2.13. The molecule has 2 rings (SSSR count). The Morgan fingerprint density at radius 3 is 3.00 bits per heavy atom. The zero-order chi connectivity index (χ0) is 14.5. The normalized spacial score (nSPS) is 11.9. The van der Waals surface area contributed by atoms with Crippen molar-refractivity contribution >= 4 is 29.0 Å². The lowest BCUT2D eigenvalue weighted by atomic mass is 10.2. The number of benzene rings is 1. The zero-order valence-corrected chi connectivity index (χ0v) is 11.9. The van der Waals surface area contributed by atoms with Gasteiger partial charge < -0.3 is 20.2 Å². The van der Waals surface area contributed by atoms with Gasteiger partial charge in [0.25, 0.3) is 5.22 Å². The second-order valence-electron chi connectivity index (χ2n) is 4.01. The molecular weight excluding hydrogens is 278 g/mol. The van der Waals surface area contributed by atoms with Gasteiger partial charge in [-0.2, -0.15) is 0 Å². The predicted octanol–water partition coefficient (Wildman–Crippen LogP) is 2.38. The third-order valence-corrected chi connectivity index (χ3v) is 3.51. The Hall–Kier alpha value is -2.15. The molecule has 20 heavy (non-hydrogen) atoms. The number of rotatable bonds is 5. The molecule has 0 saturated heterocycles. The summed E-state index contributed by atoms with van der Waals surface area (Å²) in [5.74, 6) is 0.350. The van der Waals surface area contributed by atoms with Gasteiger partial charge in [-0.15, -0.1) is 0 Å². The molecule has 0 spiro atoms. The van der Waals surface area contributed by atoms with Crippen LogP contribution in [-0.4, -0.2) is 23.3 Å². The number of nitrogens with one attached hydrogen (secondary N) is 1. The zero-order valence-electron chi connectivity index (χ0n) is 11.1.